The maximum absolute atomic E-state index is 12.0. The second kappa shape index (κ2) is 7.79. The zero-order valence-electron chi connectivity index (χ0n) is 10.8. The zero-order chi connectivity index (χ0) is 14.3. The van der Waals surface area contributed by atoms with Crippen LogP contribution in [0.15, 0.2) is 18.2 Å². The lowest BCUT2D eigenvalue weighted by molar-refractivity contribution is -0.137. The number of carbonyl (C=O) groups is 2. The monoisotopic (exact) mass is 284 g/mol. The number of hydrogen-bond acceptors (Lipinski definition) is 3. The third kappa shape index (κ3) is 5.30. The molecule has 0 spiro atoms. The first-order valence-corrected chi connectivity index (χ1v) is 6.59. The van der Waals surface area contributed by atoms with Crippen LogP contribution in [0.1, 0.15) is 43.0 Å². The highest BCUT2D eigenvalue weighted by Gasteiger charge is 2.13. The Morgan fingerprint density at radius 3 is 2.68 bits per heavy atom. The molecule has 4 nitrogen and oxygen atoms in total. The Kier molecular flexibility index (Phi) is 6.36. The minimum Gasteiger partial charge on any atom is -0.493 e. The van der Waals surface area contributed by atoms with Crippen LogP contribution in [0.2, 0.25) is 5.02 Å². The molecule has 0 atom stereocenters. The molecule has 19 heavy (non-hydrogen) atoms. The average Bonchev–Trinajstić information content (AvgIpc) is 2.36. The van der Waals surface area contributed by atoms with Gasteiger partial charge in [0.25, 0.3) is 0 Å². The molecular formula is C14H17ClO4. The number of carboxylic acids is 1. The van der Waals surface area contributed by atoms with E-state index < -0.39 is 5.97 Å². The molecular weight excluding hydrogens is 268 g/mol. The van der Waals surface area contributed by atoms with Gasteiger partial charge in [-0.2, -0.15) is 0 Å². The van der Waals surface area contributed by atoms with Gasteiger partial charge >= 0.3 is 5.97 Å². The normalized spacial score (nSPS) is 10.2. The Morgan fingerprint density at radius 1 is 1.32 bits per heavy atom. The van der Waals surface area contributed by atoms with E-state index in [1.54, 1.807) is 18.2 Å². The number of ether oxygens (including phenoxy) is 1. The van der Waals surface area contributed by atoms with E-state index in [1.165, 1.54) is 0 Å². The van der Waals surface area contributed by atoms with Crippen molar-refractivity contribution in [3.05, 3.63) is 28.8 Å². The first kappa shape index (κ1) is 15.5. The van der Waals surface area contributed by atoms with Crippen LogP contribution >= 0.6 is 11.6 Å². The predicted octanol–water partition coefficient (Wildman–Crippen LogP) is 3.57. The van der Waals surface area contributed by atoms with Crippen molar-refractivity contribution in [3.8, 4) is 5.75 Å². The van der Waals surface area contributed by atoms with Gasteiger partial charge in [-0.25, -0.2) is 0 Å². The summed E-state index contributed by atoms with van der Waals surface area (Å²) in [6.45, 7) is 2.50. The smallest absolute Gasteiger partial charge is 0.303 e. The van der Waals surface area contributed by atoms with Crippen LogP contribution in [0.3, 0.4) is 0 Å². The van der Waals surface area contributed by atoms with E-state index in [9.17, 15) is 9.59 Å². The Hall–Kier alpha value is -1.55. The van der Waals surface area contributed by atoms with Gasteiger partial charge in [-0.05, 0) is 31.0 Å². The molecule has 0 aliphatic heterocycles. The molecule has 5 heteroatoms. The molecule has 0 aliphatic rings. The van der Waals surface area contributed by atoms with Crippen molar-refractivity contribution in [1.82, 2.24) is 0 Å². The summed E-state index contributed by atoms with van der Waals surface area (Å²) in [6.07, 6.45) is 1.32. The summed E-state index contributed by atoms with van der Waals surface area (Å²) in [4.78, 5) is 22.5. The standard InChI is InChI=1S/C14H17ClO4/c1-2-8-19-13-7-6-10(15)9-11(13)12(16)4-3-5-14(17)18/h6-7,9H,2-5,8H2,1H3,(H,17,18). The maximum Gasteiger partial charge on any atom is 0.303 e. The summed E-state index contributed by atoms with van der Waals surface area (Å²) in [7, 11) is 0. The van der Waals surface area contributed by atoms with Crippen LogP contribution in [0.4, 0.5) is 0 Å². The molecule has 0 bridgehead atoms. The van der Waals surface area contributed by atoms with Gasteiger partial charge < -0.3 is 9.84 Å². The number of ketones is 1. The van der Waals surface area contributed by atoms with Crippen molar-refractivity contribution in [2.75, 3.05) is 6.61 Å². The summed E-state index contributed by atoms with van der Waals surface area (Å²) >= 11 is 5.88. The van der Waals surface area contributed by atoms with E-state index in [1.807, 2.05) is 6.92 Å². The predicted molar refractivity (Wildman–Crippen MR) is 73.1 cm³/mol. The zero-order valence-corrected chi connectivity index (χ0v) is 11.6. The molecule has 0 fully saturated rings. The second-order valence-corrected chi connectivity index (χ2v) is 4.60. The molecule has 0 aromatic heterocycles. The molecule has 1 rings (SSSR count). The molecule has 0 aliphatic carbocycles. The Morgan fingerprint density at radius 2 is 2.05 bits per heavy atom. The first-order valence-electron chi connectivity index (χ1n) is 6.22. The maximum atomic E-state index is 12.0. The third-order valence-corrected chi connectivity index (χ3v) is 2.73. The van der Waals surface area contributed by atoms with E-state index >= 15 is 0 Å². The number of carboxylic acid groups (broad SMARTS) is 1. The van der Waals surface area contributed by atoms with Gasteiger partial charge in [0.05, 0.1) is 12.2 Å². The van der Waals surface area contributed by atoms with Crippen molar-refractivity contribution < 1.29 is 19.4 Å². The SMILES string of the molecule is CCCOc1ccc(Cl)cc1C(=O)CCCC(=O)O. The summed E-state index contributed by atoms with van der Waals surface area (Å²) in [5, 5.41) is 9.02. The molecule has 0 radical (unpaired) electrons. The summed E-state index contributed by atoms with van der Waals surface area (Å²) < 4.78 is 5.49. The second-order valence-electron chi connectivity index (χ2n) is 4.16. The summed E-state index contributed by atoms with van der Waals surface area (Å²) in [5.74, 6) is -0.539. The van der Waals surface area contributed by atoms with E-state index in [2.05, 4.69) is 0 Å². The van der Waals surface area contributed by atoms with Crippen molar-refractivity contribution in [2.24, 2.45) is 0 Å². The molecule has 0 saturated carbocycles. The van der Waals surface area contributed by atoms with Crippen LogP contribution < -0.4 is 4.74 Å². The topological polar surface area (TPSA) is 63.6 Å². The van der Waals surface area contributed by atoms with Crippen molar-refractivity contribution >= 4 is 23.4 Å². The Bertz CT molecular complexity index is 457. The van der Waals surface area contributed by atoms with Gasteiger partial charge in [-0.3, -0.25) is 9.59 Å². The Labute approximate surface area is 117 Å². The van der Waals surface area contributed by atoms with Gasteiger partial charge in [0.15, 0.2) is 5.78 Å². The number of rotatable bonds is 8. The Balaban J connectivity index is 2.75. The number of aliphatic carboxylic acids is 1. The van der Waals surface area contributed by atoms with Gasteiger partial charge in [0.1, 0.15) is 5.75 Å². The fourth-order valence-electron chi connectivity index (χ4n) is 1.59. The van der Waals surface area contributed by atoms with Gasteiger partial charge in [-0.1, -0.05) is 18.5 Å². The average molecular weight is 285 g/mol. The molecule has 1 aromatic rings. The third-order valence-electron chi connectivity index (χ3n) is 2.50. The van der Waals surface area contributed by atoms with Crippen LogP contribution in [-0.4, -0.2) is 23.5 Å². The summed E-state index contributed by atoms with van der Waals surface area (Å²) in [6, 6.07) is 4.90. The molecule has 0 saturated heterocycles. The minimum absolute atomic E-state index is 0.0164. The van der Waals surface area contributed by atoms with Gasteiger partial charge in [0, 0.05) is 17.9 Å². The van der Waals surface area contributed by atoms with Crippen LogP contribution in [-0.2, 0) is 4.79 Å². The number of Topliss-reactive ketones (excluding diaryl/α,β-unsaturated/α-hetero) is 1. The van der Waals surface area contributed by atoms with Crippen LogP contribution in [0.25, 0.3) is 0 Å². The molecule has 1 aromatic carbocycles. The lowest BCUT2D eigenvalue weighted by Gasteiger charge is -2.10. The van der Waals surface area contributed by atoms with Crippen LogP contribution in [0, 0.1) is 0 Å². The van der Waals surface area contributed by atoms with E-state index in [0.717, 1.165) is 6.42 Å². The molecule has 1 N–H and O–H groups in total. The number of hydrogen-bond donors (Lipinski definition) is 1. The minimum atomic E-state index is -0.902. The number of benzene rings is 1. The van der Waals surface area contributed by atoms with Crippen molar-refractivity contribution in [2.45, 2.75) is 32.6 Å². The fraction of sp³-hybridized carbons (Fsp3) is 0.429. The molecule has 0 unspecified atom stereocenters. The molecule has 0 heterocycles. The van der Waals surface area contributed by atoms with Gasteiger partial charge in [-0.15, -0.1) is 0 Å². The number of carbonyl (C=O) groups excluding carboxylic acids is 1. The first-order chi connectivity index (χ1) is 9.04. The van der Waals surface area contributed by atoms with E-state index in [4.69, 9.17) is 21.4 Å². The lowest BCUT2D eigenvalue weighted by Crippen LogP contribution is -2.06. The van der Waals surface area contributed by atoms with E-state index in [0.29, 0.717) is 29.4 Å². The number of halogens is 1. The highest BCUT2D eigenvalue weighted by atomic mass is 35.5. The van der Waals surface area contributed by atoms with Crippen molar-refractivity contribution in [3.63, 3.8) is 0 Å². The summed E-state index contributed by atoms with van der Waals surface area (Å²) in [5.41, 5.74) is 0.423. The highest BCUT2D eigenvalue weighted by molar-refractivity contribution is 6.31. The van der Waals surface area contributed by atoms with Gasteiger partial charge in [0.2, 0.25) is 0 Å². The molecule has 0 amide bonds. The largest absolute Gasteiger partial charge is 0.493 e. The fourth-order valence-corrected chi connectivity index (χ4v) is 1.76. The lowest BCUT2D eigenvalue weighted by atomic mass is 10.0. The molecule has 104 valence electrons. The van der Waals surface area contributed by atoms with Crippen molar-refractivity contribution in [1.29, 1.82) is 0 Å². The van der Waals surface area contributed by atoms with E-state index in [-0.39, 0.29) is 18.6 Å². The quantitative estimate of drug-likeness (QED) is 0.741. The highest BCUT2D eigenvalue weighted by Crippen LogP contribution is 2.25. The van der Waals surface area contributed by atoms with Crippen LogP contribution in [0.5, 0.6) is 5.75 Å².